The van der Waals surface area contributed by atoms with E-state index in [0.717, 1.165) is 34.2 Å². The number of rotatable bonds is 7. The molecule has 0 saturated heterocycles. The minimum atomic E-state index is -0.366. The molecule has 6 heteroatoms. The van der Waals surface area contributed by atoms with E-state index in [1.807, 2.05) is 30.3 Å². The molecular weight excluding hydrogens is 393 g/mol. The second-order valence-electron chi connectivity index (χ2n) is 8.02. The van der Waals surface area contributed by atoms with E-state index in [4.69, 9.17) is 14.5 Å². The zero-order chi connectivity index (χ0) is 21.2. The number of fused-ring (bicyclic) bond motifs is 1. The molecular formula is C25H24FN3O2. The molecule has 2 aromatic carbocycles. The van der Waals surface area contributed by atoms with Crippen LogP contribution in [0.15, 0.2) is 59.7 Å². The molecule has 1 fully saturated rings. The Morgan fingerprint density at radius 3 is 2.84 bits per heavy atom. The highest BCUT2D eigenvalue weighted by Gasteiger charge is 2.22. The lowest BCUT2D eigenvalue weighted by molar-refractivity contribution is 0.294. The molecule has 5 rings (SSSR count). The fourth-order valence-electron chi connectivity index (χ4n) is 3.59. The van der Waals surface area contributed by atoms with E-state index < -0.39 is 0 Å². The third-order valence-electron chi connectivity index (χ3n) is 5.58. The van der Waals surface area contributed by atoms with Gasteiger partial charge in [0.05, 0.1) is 6.61 Å². The van der Waals surface area contributed by atoms with Gasteiger partial charge >= 0.3 is 0 Å². The number of hydrogen-bond acceptors (Lipinski definition) is 5. The molecule has 0 atom stereocenters. The Morgan fingerprint density at radius 2 is 2.00 bits per heavy atom. The topological polar surface area (TPSA) is 47.0 Å². The third kappa shape index (κ3) is 4.38. The first-order valence-electron chi connectivity index (χ1n) is 10.5. The van der Waals surface area contributed by atoms with Crippen molar-refractivity contribution in [2.75, 3.05) is 18.2 Å². The van der Waals surface area contributed by atoms with Crippen molar-refractivity contribution >= 4 is 11.9 Å². The molecule has 0 unspecified atom stereocenters. The van der Waals surface area contributed by atoms with Crippen LogP contribution in [0.1, 0.15) is 24.1 Å². The van der Waals surface area contributed by atoms with Gasteiger partial charge in [0.15, 0.2) is 0 Å². The summed E-state index contributed by atoms with van der Waals surface area (Å²) in [7, 11) is 0. The number of ether oxygens (including phenoxy) is 2. The quantitative estimate of drug-likeness (QED) is 0.588. The van der Waals surface area contributed by atoms with E-state index in [2.05, 4.69) is 29.1 Å². The van der Waals surface area contributed by atoms with Crippen molar-refractivity contribution in [3.8, 4) is 11.5 Å². The maximum atomic E-state index is 13.8. The lowest BCUT2D eigenvalue weighted by Gasteiger charge is -2.24. The van der Waals surface area contributed by atoms with E-state index in [1.165, 1.54) is 18.9 Å². The third-order valence-corrected chi connectivity index (χ3v) is 5.58. The number of aromatic nitrogens is 1. The van der Waals surface area contributed by atoms with Gasteiger partial charge < -0.3 is 14.4 Å². The molecule has 1 aromatic heterocycles. The summed E-state index contributed by atoms with van der Waals surface area (Å²) in [5.74, 6) is 1.84. The molecule has 0 amide bonds. The second kappa shape index (κ2) is 8.38. The van der Waals surface area contributed by atoms with Gasteiger partial charge in [-0.3, -0.25) is 9.98 Å². The first-order valence-corrected chi connectivity index (χ1v) is 10.5. The zero-order valence-corrected chi connectivity index (χ0v) is 17.4. The van der Waals surface area contributed by atoms with Gasteiger partial charge in [0.2, 0.25) is 0 Å². The fourth-order valence-corrected chi connectivity index (χ4v) is 3.59. The molecule has 1 saturated carbocycles. The Morgan fingerprint density at radius 1 is 1.10 bits per heavy atom. The number of benzene rings is 2. The van der Waals surface area contributed by atoms with Crippen LogP contribution in [0.5, 0.6) is 11.5 Å². The zero-order valence-electron chi connectivity index (χ0n) is 17.4. The average molecular weight is 417 g/mol. The van der Waals surface area contributed by atoms with Crippen LogP contribution in [0.3, 0.4) is 0 Å². The molecule has 158 valence electrons. The van der Waals surface area contributed by atoms with Gasteiger partial charge in [0.1, 0.15) is 41.6 Å². The number of para-hydroxylation sites is 1. The molecule has 0 radical (unpaired) electrons. The SMILES string of the molecule is Cc1ccc(OCc2ncccc2F)cc1N1C=c2cccc(OCC3CC3)c2=NC1. The van der Waals surface area contributed by atoms with Crippen LogP contribution in [-0.4, -0.2) is 18.3 Å². The van der Waals surface area contributed by atoms with Crippen LogP contribution in [-0.2, 0) is 6.61 Å². The summed E-state index contributed by atoms with van der Waals surface area (Å²) in [6.07, 6.45) is 6.18. The van der Waals surface area contributed by atoms with Gasteiger partial charge in [0, 0.05) is 29.4 Å². The van der Waals surface area contributed by atoms with Gasteiger partial charge in [0.25, 0.3) is 0 Å². The van der Waals surface area contributed by atoms with Crippen LogP contribution in [0.2, 0.25) is 0 Å². The van der Waals surface area contributed by atoms with Gasteiger partial charge in [-0.2, -0.15) is 0 Å². The minimum Gasteiger partial charge on any atom is -0.491 e. The van der Waals surface area contributed by atoms with Crippen LogP contribution in [0.4, 0.5) is 10.1 Å². The van der Waals surface area contributed by atoms with E-state index >= 15 is 0 Å². The lowest BCUT2D eigenvalue weighted by Crippen LogP contribution is -2.37. The van der Waals surface area contributed by atoms with Crippen LogP contribution < -0.4 is 24.9 Å². The van der Waals surface area contributed by atoms with Crippen molar-refractivity contribution in [3.05, 3.63) is 82.4 Å². The fraction of sp³-hybridized carbons (Fsp3) is 0.280. The van der Waals surface area contributed by atoms with E-state index in [0.29, 0.717) is 18.3 Å². The van der Waals surface area contributed by atoms with Crippen molar-refractivity contribution in [2.24, 2.45) is 10.9 Å². The molecule has 1 aliphatic heterocycles. The van der Waals surface area contributed by atoms with Crippen LogP contribution >= 0.6 is 0 Å². The largest absolute Gasteiger partial charge is 0.491 e. The summed E-state index contributed by atoms with van der Waals surface area (Å²) in [6, 6.07) is 14.8. The van der Waals surface area contributed by atoms with E-state index in [-0.39, 0.29) is 18.1 Å². The highest BCUT2D eigenvalue weighted by molar-refractivity contribution is 5.65. The average Bonchev–Trinajstić information content (AvgIpc) is 3.62. The Balaban J connectivity index is 1.37. The number of anilines is 1. The number of aryl methyl sites for hydroxylation is 1. The van der Waals surface area contributed by atoms with Crippen molar-refractivity contribution in [3.63, 3.8) is 0 Å². The first-order chi connectivity index (χ1) is 15.2. The molecule has 5 nitrogen and oxygen atoms in total. The maximum Gasteiger partial charge on any atom is 0.148 e. The minimum absolute atomic E-state index is 0.0772. The smallest absolute Gasteiger partial charge is 0.148 e. The van der Waals surface area contributed by atoms with E-state index in [1.54, 1.807) is 12.3 Å². The molecule has 0 bridgehead atoms. The number of nitrogens with zero attached hydrogens (tertiary/aromatic N) is 3. The summed E-state index contributed by atoms with van der Waals surface area (Å²) < 4.78 is 25.6. The molecule has 2 heterocycles. The van der Waals surface area contributed by atoms with Crippen molar-refractivity contribution in [2.45, 2.75) is 26.4 Å². The Kier molecular flexibility index (Phi) is 5.28. The number of pyridine rings is 1. The summed E-state index contributed by atoms with van der Waals surface area (Å²) in [5.41, 5.74) is 2.39. The predicted octanol–water partition coefficient (Wildman–Crippen LogP) is 3.73. The van der Waals surface area contributed by atoms with E-state index in [9.17, 15) is 4.39 Å². The Labute approximate surface area is 180 Å². The van der Waals surface area contributed by atoms with Gasteiger partial charge in [-0.1, -0.05) is 18.2 Å². The molecule has 3 aromatic rings. The molecule has 31 heavy (non-hydrogen) atoms. The van der Waals surface area contributed by atoms with Crippen molar-refractivity contribution < 1.29 is 13.9 Å². The second-order valence-corrected chi connectivity index (χ2v) is 8.02. The maximum absolute atomic E-state index is 13.8. The summed E-state index contributed by atoms with van der Waals surface area (Å²) in [5, 5.41) is 1.94. The monoisotopic (exact) mass is 417 g/mol. The Bertz CT molecular complexity index is 1220. The summed E-state index contributed by atoms with van der Waals surface area (Å²) in [6.45, 7) is 3.39. The summed E-state index contributed by atoms with van der Waals surface area (Å²) in [4.78, 5) is 10.9. The number of halogens is 1. The molecule has 1 aliphatic carbocycles. The number of hydrogen-bond donors (Lipinski definition) is 0. The highest BCUT2D eigenvalue weighted by atomic mass is 19.1. The van der Waals surface area contributed by atoms with Gasteiger partial charge in [-0.25, -0.2) is 4.39 Å². The molecule has 0 spiro atoms. The molecule has 0 N–H and O–H groups in total. The Hall–Kier alpha value is -3.41. The summed E-state index contributed by atoms with van der Waals surface area (Å²) >= 11 is 0. The van der Waals surface area contributed by atoms with Gasteiger partial charge in [-0.05, 0) is 55.5 Å². The first kappa shape index (κ1) is 19.5. The van der Waals surface area contributed by atoms with Crippen molar-refractivity contribution in [1.82, 2.24) is 4.98 Å². The molecule has 2 aliphatic rings. The predicted molar refractivity (Wildman–Crippen MR) is 117 cm³/mol. The van der Waals surface area contributed by atoms with Crippen LogP contribution in [0, 0.1) is 18.7 Å². The standard InChI is InChI=1S/C25H24FN3O2/c1-17-7-10-20(30-15-22-21(26)5-3-11-27-22)12-23(17)29-13-19-4-2-6-24(25(19)28-16-29)31-14-18-8-9-18/h2-7,10-13,18H,8-9,14-16H2,1H3. The lowest BCUT2D eigenvalue weighted by atomic mass is 10.1. The normalized spacial score (nSPS) is 15.0. The highest BCUT2D eigenvalue weighted by Crippen LogP contribution is 2.29. The van der Waals surface area contributed by atoms with Crippen LogP contribution in [0.25, 0.3) is 6.20 Å². The van der Waals surface area contributed by atoms with Crippen molar-refractivity contribution in [1.29, 1.82) is 0 Å². The van der Waals surface area contributed by atoms with Gasteiger partial charge in [-0.15, -0.1) is 0 Å².